The molecule has 0 spiro atoms. The maximum atomic E-state index is 5.81. The summed E-state index contributed by atoms with van der Waals surface area (Å²) in [6, 6.07) is 17.3. The van der Waals surface area contributed by atoms with Crippen molar-refractivity contribution in [2.75, 3.05) is 0 Å². The van der Waals surface area contributed by atoms with E-state index in [1.807, 2.05) is 0 Å². The van der Waals surface area contributed by atoms with Crippen molar-refractivity contribution in [1.82, 2.24) is 25.5 Å². The summed E-state index contributed by atoms with van der Waals surface area (Å²) < 4.78 is 2.06. The minimum atomic E-state index is -0.0617. The number of hydrogen-bond donors (Lipinski definition) is 2. The Morgan fingerprint density at radius 3 is 2.66 bits per heavy atom. The molecular formula is C23H30N6. The lowest BCUT2D eigenvalue weighted by Crippen LogP contribution is -2.28. The molecule has 1 aliphatic carbocycles. The van der Waals surface area contributed by atoms with E-state index in [1.54, 1.807) is 0 Å². The van der Waals surface area contributed by atoms with E-state index >= 15 is 0 Å². The topological polar surface area (TPSA) is 81.7 Å². The van der Waals surface area contributed by atoms with Crippen LogP contribution in [0.15, 0.2) is 48.5 Å². The van der Waals surface area contributed by atoms with Crippen LogP contribution in [0.1, 0.15) is 72.3 Å². The minimum Gasteiger partial charge on any atom is -0.326 e. The molecule has 6 heteroatoms. The molecule has 0 radical (unpaired) electrons. The molecule has 0 amide bonds. The highest BCUT2D eigenvalue weighted by atomic mass is 15.6. The number of aryl methyl sites for hydroxylation is 1. The van der Waals surface area contributed by atoms with Gasteiger partial charge in [-0.15, -0.1) is 5.10 Å². The Morgan fingerprint density at radius 2 is 1.86 bits per heavy atom. The molecule has 1 saturated carbocycles. The SMILES string of the molecule is Cc1cccc(C(NCc2cccc(CN)c2)c2nnnn2C2CCCCC2)c1. The summed E-state index contributed by atoms with van der Waals surface area (Å²) in [4.78, 5) is 0. The number of hydrogen-bond acceptors (Lipinski definition) is 5. The third-order valence-electron chi connectivity index (χ3n) is 5.81. The Morgan fingerprint density at radius 1 is 1.07 bits per heavy atom. The fraction of sp³-hybridized carbons (Fsp3) is 0.435. The summed E-state index contributed by atoms with van der Waals surface area (Å²) in [5, 5.41) is 16.6. The molecular weight excluding hydrogens is 360 g/mol. The molecule has 0 aliphatic heterocycles. The van der Waals surface area contributed by atoms with Crippen LogP contribution in [0, 0.1) is 6.92 Å². The normalized spacial score (nSPS) is 16.1. The Bertz CT molecular complexity index is 928. The van der Waals surface area contributed by atoms with E-state index in [1.165, 1.54) is 36.0 Å². The second-order valence-corrected chi connectivity index (χ2v) is 8.03. The van der Waals surface area contributed by atoms with Gasteiger partial charge in [0.2, 0.25) is 0 Å². The highest BCUT2D eigenvalue weighted by Gasteiger charge is 2.26. The van der Waals surface area contributed by atoms with Gasteiger partial charge in [0.05, 0.1) is 12.1 Å². The quantitative estimate of drug-likeness (QED) is 0.641. The standard InChI is InChI=1S/C23H30N6/c1-17-7-5-10-20(13-17)22(25-16-19-9-6-8-18(14-19)15-24)23-26-27-28-29(23)21-11-3-2-4-12-21/h5-10,13-14,21-22,25H,2-4,11-12,15-16,24H2,1H3. The summed E-state index contributed by atoms with van der Waals surface area (Å²) in [7, 11) is 0. The molecule has 1 aliphatic rings. The smallest absolute Gasteiger partial charge is 0.173 e. The van der Waals surface area contributed by atoms with Gasteiger partial charge in [-0.3, -0.25) is 5.32 Å². The van der Waals surface area contributed by atoms with E-state index < -0.39 is 0 Å². The van der Waals surface area contributed by atoms with E-state index in [0.717, 1.165) is 30.8 Å². The third-order valence-corrected chi connectivity index (χ3v) is 5.81. The summed E-state index contributed by atoms with van der Waals surface area (Å²) in [6.07, 6.45) is 6.11. The van der Waals surface area contributed by atoms with Gasteiger partial charge in [-0.25, -0.2) is 4.68 Å². The van der Waals surface area contributed by atoms with Crippen molar-refractivity contribution in [3.63, 3.8) is 0 Å². The Balaban J connectivity index is 1.63. The molecule has 3 N–H and O–H groups in total. The van der Waals surface area contributed by atoms with E-state index in [0.29, 0.717) is 12.6 Å². The second kappa shape index (κ2) is 9.29. The first kappa shape index (κ1) is 19.7. The van der Waals surface area contributed by atoms with Crippen LogP contribution >= 0.6 is 0 Å². The van der Waals surface area contributed by atoms with E-state index in [4.69, 9.17) is 5.73 Å². The fourth-order valence-electron chi connectivity index (χ4n) is 4.27. The summed E-state index contributed by atoms with van der Waals surface area (Å²) in [6.45, 7) is 3.40. The average molecular weight is 391 g/mol. The first-order valence-electron chi connectivity index (χ1n) is 10.6. The maximum Gasteiger partial charge on any atom is 0.173 e. The van der Waals surface area contributed by atoms with Gasteiger partial charge in [-0.1, -0.05) is 73.4 Å². The zero-order valence-corrected chi connectivity index (χ0v) is 17.1. The molecule has 6 nitrogen and oxygen atoms in total. The van der Waals surface area contributed by atoms with Gasteiger partial charge in [0.25, 0.3) is 0 Å². The van der Waals surface area contributed by atoms with Crippen LogP contribution in [-0.4, -0.2) is 20.2 Å². The molecule has 1 unspecified atom stereocenters. The van der Waals surface area contributed by atoms with Gasteiger partial charge >= 0.3 is 0 Å². The molecule has 29 heavy (non-hydrogen) atoms. The number of nitrogens with zero attached hydrogens (tertiary/aromatic N) is 4. The van der Waals surface area contributed by atoms with Crippen LogP contribution in [-0.2, 0) is 13.1 Å². The first-order valence-corrected chi connectivity index (χ1v) is 10.6. The van der Waals surface area contributed by atoms with Gasteiger partial charge in [0, 0.05) is 13.1 Å². The molecule has 1 fully saturated rings. The van der Waals surface area contributed by atoms with Crippen molar-refractivity contribution in [3.05, 3.63) is 76.6 Å². The zero-order chi connectivity index (χ0) is 20.1. The minimum absolute atomic E-state index is 0.0617. The molecule has 1 heterocycles. The zero-order valence-electron chi connectivity index (χ0n) is 17.1. The van der Waals surface area contributed by atoms with Crippen LogP contribution in [0.5, 0.6) is 0 Å². The molecule has 1 aromatic heterocycles. The van der Waals surface area contributed by atoms with E-state index in [-0.39, 0.29) is 6.04 Å². The van der Waals surface area contributed by atoms with Crippen molar-refractivity contribution < 1.29 is 0 Å². The van der Waals surface area contributed by atoms with Gasteiger partial charge in [-0.05, 0) is 46.9 Å². The Hall–Kier alpha value is -2.57. The van der Waals surface area contributed by atoms with Crippen LogP contribution < -0.4 is 11.1 Å². The van der Waals surface area contributed by atoms with Crippen LogP contribution in [0.3, 0.4) is 0 Å². The third kappa shape index (κ3) is 4.71. The average Bonchev–Trinajstić information content (AvgIpc) is 3.24. The van der Waals surface area contributed by atoms with Gasteiger partial charge in [0.1, 0.15) is 0 Å². The van der Waals surface area contributed by atoms with Crippen LogP contribution in [0.4, 0.5) is 0 Å². The largest absolute Gasteiger partial charge is 0.326 e. The lowest BCUT2D eigenvalue weighted by atomic mass is 9.95. The number of nitrogens with two attached hydrogens (primary N) is 1. The summed E-state index contributed by atoms with van der Waals surface area (Å²) in [5.41, 5.74) is 10.6. The van der Waals surface area contributed by atoms with Gasteiger partial charge in [-0.2, -0.15) is 0 Å². The number of benzene rings is 2. The van der Waals surface area contributed by atoms with Crippen molar-refractivity contribution in [1.29, 1.82) is 0 Å². The van der Waals surface area contributed by atoms with Crippen molar-refractivity contribution >= 4 is 0 Å². The molecule has 152 valence electrons. The molecule has 3 aromatic rings. The number of tetrazole rings is 1. The molecule has 0 saturated heterocycles. The Kier molecular flexibility index (Phi) is 6.32. The van der Waals surface area contributed by atoms with Crippen LogP contribution in [0.2, 0.25) is 0 Å². The second-order valence-electron chi connectivity index (χ2n) is 8.03. The van der Waals surface area contributed by atoms with E-state index in [2.05, 4.69) is 81.0 Å². The Labute approximate surface area is 172 Å². The van der Waals surface area contributed by atoms with Crippen molar-refractivity contribution in [3.8, 4) is 0 Å². The highest BCUT2D eigenvalue weighted by molar-refractivity contribution is 5.30. The maximum absolute atomic E-state index is 5.81. The molecule has 2 aromatic carbocycles. The summed E-state index contributed by atoms with van der Waals surface area (Å²) >= 11 is 0. The number of rotatable bonds is 7. The van der Waals surface area contributed by atoms with Gasteiger partial charge in [0.15, 0.2) is 5.82 Å². The van der Waals surface area contributed by atoms with Crippen LogP contribution in [0.25, 0.3) is 0 Å². The predicted molar refractivity (Wildman–Crippen MR) is 114 cm³/mol. The van der Waals surface area contributed by atoms with E-state index in [9.17, 15) is 0 Å². The highest BCUT2D eigenvalue weighted by Crippen LogP contribution is 2.31. The molecule has 4 rings (SSSR count). The summed E-state index contributed by atoms with van der Waals surface area (Å²) in [5.74, 6) is 0.900. The lowest BCUT2D eigenvalue weighted by Gasteiger charge is -2.25. The first-order chi connectivity index (χ1) is 14.2. The van der Waals surface area contributed by atoms with Crippen molar-refractivity contribution in [2.45, 2.75) is 64.2 Å². The van der Waals surface area contributed by atoms with Crippen molar-refractivity contribution in [2.24, 2.45) is 5.73 Å². The van der Waals surface area contributed by atoms with Gasteiger partial charge < -0.3 is 5.73 Å². The molecule has 1 atom stereocenters. The molecule has 0 bridgehead atoms. The predicted octanol–water partition coefficient (Wildman–Crippen LogP) is 3.82. The number of nitrogens with one attached hydrogen (secondary N) is 1. The number of aromatic nitrogens is 4. The fourth-order valence-corrected chi connectivity index (χ4v) is 4.27. The lowest BCUT2D eigenvalue weighted by molar-refractivity contribution is 0.310. The monoisotopic (exact) mass is 390 g/mol.